The van der Waals surface area contributed by atoms with E-state index in [2.05, 4.69) is 21.6 Å². The molecule has 0 aliphatic rings. The number of nitrogens with zero attached hydrogens (tertiary/aromatic N) is 3. The number of fused-ring (bicyclic) bond motifs is 3. The average Bonchev–Trinajstić information content (AvgIpc) is 3.30. The van der Waals surface area contributed by atoms with Crippen LogP contribution in [0.15, 0.2) is 52.2 Å². The van der Waals surface area contributed by atoms with Gasteiger partial charge < -0.3 is 9.73 Å². The Bertz CT molecular complexity index is 990. The maximum Gasteiger partial charge on any atom is 0.233 e. The summed E-state index contributed by atoms with van der Waals surface area (Å²) in [7, 11) is 0. The standard InChI is InChI=1S/C16H14N4O2S2/c1-10(14(21)17-9-11-5-4-8-22-11)23-15-18-19-16-20(15)12-6-2-3-7-13(12)24-16/h2-8,10H,9H2,1H3,(H,17,21)/t10-/m1/s1. The molecule has 0 aliphatic heterocycles. The number of thioether (sulfide) groups is 1. The third-order valence-electron chi connectivity index (χ3n) is 3.58. The minimum absolute atomic E-state index is 0.0623. The van der Waals surface area contributed by atoms with E-state index in [0.717, 1.165) is 26.1 Å². The van der Waals surface area contributed by atoms with E-state index in [-0.39, 0.29) is 11.2 Å². The number of amides is 1. The van der Waals surface area contributed by atoms with Crippen molar-refractivity contribution >= 4 is 44.2 Å². The molecule has 6 nitrogen and oxygen atoms in total. The molecule has 0 spiro atoms. The second-order valence-corrected chi connectivity index (χ2v) is 7.54. The fraction of sp³-hybridized carbons (Fsp3) is 0.188. The van der Waals surface area contributed by atoms with Crippen molar-refractivity contribution in [1.82, 2.24) is 19.9 Å². The fourth-order valence-corrected chi connectivity index (χ4v) is 4.28. The smallest absolute Gasteiger partial charge is 0.233 e. The Balaban J connectivity index is 1.52. The Morgan fingerprint density at radius 3 is 3.04 bits per heavy atom. The first-order valence-electron chi connectivity index (χ1n) is 7.42. The Hall–Kier alpha value is -2.32. The number of benzene rings is 1. The van der Waals surface area contributed by atoms with Crippen LogP contribution in [0.5, 0.6) is 0 Å². The molecule has 0 radical (unpaired) electrons. The largest absolute Gasteiger partial charge is 0.467 e. The van der Waals surface area contributed by atoms with Crippen LogP contribution in [0, 0.1) is 0 Å². The van der Waals surface area contributed by atoms with Gasteiger partial charge in [0.05, 0.1) is 28.3 Å². The highest BCUT2D eigenvalue weighted by Crippen LogP contribution is 2.31. The van der Waals surface area contributed by atoms with Crippen LogP contribution in [-0.2, 0) is 11.3 Å². The molecule has 1 atom stereocenters. The molecule has 3 aromatic heterocycles. The Labute approximate surface area is 145 Å². The van der Waals surface area contributed by atoms with Gasteiger partial charge in [-0.25, -0.2) is 0 Å². The van der Waals surface area contributed by atoms with E-state index < -0.39 is 0 Å². The second kappa shape index (κ2) is 6.29. The van der Waals surface area contributed by atoms with Crippen LogP contribution in [0.3, 0.4) is 0 Å². The lowest BCUT2D eigenvalue weighted by Crippen LogP contribution is -2.30. The van der Waals surface area contributed by atoms with Crippen molar-refractivity contribution in [2.75, 3.05) is 0 Å². The normalized spacial score (nSPS) is 12.7. The zero-order valence-electron chi connectivity index (χ0n) is 12.8. The SMILES string of the molecule is C[C@@H](Sc1nnc2sc3ccccc3n12)C(=O)NCc1ccco1. The van der Waals surface area contributed by atoms with Gasteiger partial charge in [0.25, 0.3) is 0 Å². The maximum atomic E-state index is 12.3. The predicted octanol–water partition coefficient (Wildman–Crippen LogP) is 3.33. The lowest BCUT2D eigenvalue weighted by Gasteiger charge is -2.09. The number of carbonyl (C=O) groups is 1. The van der Waals surface area contributed by atoms with Gasteiger partial charge in [0, 0.05) is 0 Å². The molecular weight excluding hydrogens is 344 g/mol. The monoisotopic (exact) mass is 358 g/mol. The molecule has 122 valence electrons. The van der Waals surface area contributed by atoms with Gasteiger partial charge in [-0.15, -0.1) is 10.2 Å². The summed E-state index contributed by atoms with van der Waals surface area (Å²) in [5.74, 6) is 0.668. The van der Waals surface area contributed by atoms with Gasteiger partial charge in [-0.05, 0) is 31.2 Å². The predicted molar refractivity (Wildman–Crippen MR) is 94.2 cm³/mol. The second-order valence-electron chi connectivity index (χ2n) is 5.23. The highest BCUT2D eigenvalue weighted by molar-refractivity contribution is 8.00. The Morgan fingerprint density at radius 1 is 1.33 bits per heavy atom. The molecule has 0 unspecified atom stereocenters. The van der Waals surface area contributed by atoms with Crippen LogP contribution in [0.4, 0.5) is 0 Å². The summed E-state index contributed by atoms with van der Waals surface area (Å²) in [6.07, 6.45) is 1.59. The van der Waals surface area contributed by atoms with Crippen molar-refractivity contribution in [3.05, 3.63) is 48.4 Å². The number of furan rings is 1. The molecule has 4 aromatic rings. The molecule has 1 amide bonds. The maximum absolute atomic E-state index is 12.3. The van der Waals surface area contributed by atoms with Crippen LogP contribution in [0.2, 0.25) is 0 Å². The molecular formula is C16H14N4O2S2. The highest BCUT2D eigenvalue weighted by atomic mass is 32.2. The number of para-hydroxylation sites is 1. The number of rotatable bonds is 5. The van der Waals surface area contributed by atoms with E-state index in [4.69, 9.17) is 4.42 Å². The highest BCUT2D eigenvalue weighted by Gasteiger charge is 2.20. The van der Waals surface area contributed by atoms with Crippen LogP contribution >= 0.6 is 23.1 Å². The number of thiazole rings is 1. The summed E-state index contributed by atoms with van der Waals surface area (Å²) in [4.78, 5) is 13.1. The van der Waals surface area contributed by atoms with Gasteiger partial charge in [0.2, 0.25) is 10.9 Å². The van der Waals surface area contributed by atoms with E-state index in [1.54, 1.807) is 23.7 Å². The minimum Gasteiger partial charge on any atom is -0.467 e. The Morgan fingerprint density at radius 2 is 2.21 bits per heavy atom. The van der Waals surface area contributed by atoms with Crippen molar-refractivity contribution in [3.63, 3.8) is 0 Å². The quantitative estimate of drug-likeness (QED) is 0.554. The summed E-state index contributed by atoms with van der Waals surface area (Å²) in [6.45, 7) is 2.24. The number of aromatic nitrogens is 3. The van der Waals surface area contributed by atoms with E-state index in [9.17, 15) is 4.79 Å². The van der Waals surface area contributed by atoms with Gasteiger partial charge in [-0.2, -0.15) is 0 Å². The molecule has 0 saturated carbocycles. The molecule has 0 bridgehead atoms. The summed E-state index contributed by atoms with van der Waals surface area (Å²) in [6, 6.07) is 11.7. The molecule has 0 aliphatic carbocycles. The molecule has 3 heterocycles. The van der Waals surface area contributed by atoms with E-state index >= 15 is 0 Å². The molecule has 0 saturated heterocycles. The zero-order chi connectivity index (χ0) is 16.5. The molecule has 0 fully saturated rings. The van der Waals surface area contributed by atoms with Gasteiger partial charge in [0.1, 0.15) is 5.76 Å². The average molecular weight is 358 g/mol. The number of carbonyl (C=O) groups excluding carboxylic acids is 1. The van der Waals surface area contributed by atoms with Crippen molar-refractivity contribution in [3.8, 4) is 0 Å². The first-order valence-corrected chi connectivity index (χ1v) is 9.11. The lowest BCUT2D eigenvalue weighted by molar-refractivity contribution is -0.120. The van der Waals surface area contributed by atoms with Gasteiger partial charge in [-0.3, -0.25) is 9.20 Å². The first-order chi connectivity index (χ1) is 11.7. The minimum atomic E-state index is -0.286. The van der Waals surface area contributed by atoms with Gasteiger partial charge in [-0.1, -0.05) is 35.2 Å². The van der Waals surface area contributed by atoms with Crippen molar-refractivity contribution < 1.29 is 9.21 Å². The third-order valence-corrected chi connectivity index (χ3v) is 5.63. The van der Waals surface area contributed by atoms with E-state index in [0.29, 0.717) is 6.54 Å². The number of hydrogen-bond acceptors (Lipinski definition) is 6. The molecule has 4 rings (SSSR count). The van der Waals surface area contributed by atoms with E-state index in [1.807, 2.05) is 35.6 Å². The van der Waals surface area contributed by atoms with Gasteiger partial charge in [0.15, 0.2) is 5.16 Å². The topological polar surface area (TPSA) is 72.4 Å². The van der Waals surface area contributed by atoms with Crippen LogP contribution in [0.1, 0.15) is 12.7 Å². The number of nitrogens with one attached hydrogen (secondary N) is 1. The molecule has 24 heavy (non-hydrogen) atoms. The van der Waals surface area contributed by atoms with Crippen LogP contribution in [-0.4, -0.2) is 25.8 Å². The number of hydrogen-bond donors (Lipinski definition) is 1. The fourth-order valence-electron chi connectivity index (χ4n) is 2.37. The third kappa shape index (κ3) is 2.78. The molecule has 8 heteroatoms. The first kappa shape index (κ1) is 15.2. The molecule has 1 aromatic carbocycles. The lowest BCUT2D eigenvalue weighted by atomic mass is 10.3. The summed E-state index contributed by atoms with van der Waals surface area (Å²) >= 11 is 2.99. The van der Waals surface area contributed by atoms with Crippen molar-refractivity contribution in [1.29, 1.82) is 0 Å². The molecule has 1 N–H and O–H groups in total. The summed E-state index contributed by atoms with van der Waals surface area (Å²) < 4.78 is 8.37. The summed E-state index contributed by atoms with van der Waals surface area (Å²) in [5, 5.41) is 11.8. The van der Waals surface area contributed by atoms with Gasteiger partial charge >= 0.3 is 0 Å². The summed E-state index contributed by atoms with van der Waals surface area (Å²) in [5.41, 5.74) is 1.06. The van der Waals surface area contributed by atoms with Crippen LogP contribution < -0.4 is 5.32 Å². The van der Waals surface area contributed by atoms with Crippen molar-refractivity contribution in [2.24, 2.45) is 0 Å². The Kier molecular flexibility index (Phi) is 3.99. The zero-order valence-corrected chi connectivity index (χ0v) is 14.4. The van der Waals surface area contributed by atoms with Crippen LogP contribution in [0.25, 0.3) is 15.2 Å². The van der Waals surface area contributed by atoms with E-state index in [1.165, 1.54) is 11.8 Å². The van der Waals surface area contributed by atoms with Crippen molar-refractivity contribution in [2.45, 2.75) is 23.9 Å².